The lowest BCUT2D eigenvalue weighted by Gasteiger charge is -2.21. The molecule has 0 aromatic heterocycles. The molecule has 1 nitrogen and oxygen atoms in total. The van der Waals surface area contributed by atoms with Crippen molar-refractivity contribution in [2.45, 2.75) is 25.8 Å². The molecule has 0 fully saturated rings. The molecule has 4 heteroatoms. The monoisotopic (exact) mass is 325 g/mol. The highest BCUT2D eigenvalue weighted by atomic mass is 35.5. The molecule has 21 heavy (non-hydrogen) atoms. The van der Waals surface area contributed by atoms with Crippen molar-refractivity contribution in [1.29, 1.82) is 0 Å². The minimum Gasteiger partial charge on any atom is -0.310 e. The molecule has 0 aliphatic carbocycles. The van der Waals surface area contributed by atoms with Crippen LogP contribution in [0.3, 0.4) is 0 Å². The molecule has 0 radical (unpaired) electrons. The Morgan fingerprint density at radius 2 is 1.76 bits per heavy atom. The molecular formula is C17H18Cl2FN. The van der Waals surface area contributed by atoms with Crippen LogP contribution in [0.4, 0.5) is 4.39 Å². The summed E-state index contributed by atoms with van der Waals surface area (Å²) in [6, 6.07) is 12.1. The Labute approximate surface area is 135 Å². The van der Waals surface area contributed by atoms with E-state index in [1.54, 1.807) is 12.1 Å². The van der Waals surface area contributed by atoms with E-state index in [-0.39, 0.29) is 11.9 Å². The van der Waals surface area contributed by atoms with E-state index < -0.39 is 0 Å². The van der Waals surface area contributed by atoms with E-state index >= 15 is 0 Å². The van der Waals surface area contributed by atoms with Crippen LogP contribution in [-0.4, -0.2) is 6.54 Å². The third-order valence-electron chi connectivity index (χ3n) is 3.32. The molecule has 0 aliphatic heterocycles. The molecule has 1 unspecified atom stereocenters. The number of benzene rings is 2. The first kappa shape index (κ1) is 16.3. The second kappa shape index (κ2) is 7.79. The molecule has 2 aromatic rings. The summed E-state index contributed by atoms with van der Waals surface area (Å²) < 4.78 is 13.4. The number of nitrogens with one attached hydrogen (secondary N) is 1. The topological polar surface area (TPSA) is 12.0 Å². The van der Waals surface area contributed by atoms with Crippen LogP contribution in [0.15, 0.2) is 42.5 Å². The Morgan fingerprint density at radius 1 is 1.10 bits per heavy atom. The number of hydrogen-bond donors (Lipinski definition) is 1. The zero-order valence-electron chi connectivity index (χ0n) is 11.9. The van der Waals surface area contributed by atoms with Gasteiger partial charge < -0.3 is 5.32 Å². The lowest BCUT2D eigenvalue weighted by molar-refractivity contribution is 0.527. The van der Waals surface area contributed by atoms with Crippen LogP contribution < -0.4 is 5.32 Å². The van der Waals surface area contributed by atoms with Gasteiger partial charge in [0.15, 0.2) is 0 Å². The van der Waals surface area contributed by atoms with Gasteiger partial charge in [0, 0.05) is 21.7 Å². The Hall–Kier alpha value is -1.09. The maximum atomic E-state index is 13.4. The third kappa shape index (κ3) is 4.44. The van der Waals surface area contributed by atoms with Crippen LogP contribution in [0.25, 0.3) is 0 Å². The number of rotatable bonds is 6. The molecule has 0 saturated heterocycles. The predicted molar refractivity (Wildman–Crippen MR) is 87.6 cm³/mol. The predicted octanol–water partition coefficient (Wildman–Crippen LogP) is 5.42. The van der Waals surface area contributed by atoms with E-state index in [1.807, 2.05) is 24.3 Å². The van der Waals surface area contributed by atoms with Crippen molar-refractivity contribution < 1.29 is 4.39 Å². The Kier molecular flexibility index (Phi) is 6.04. The first-order chi connectivity index (χ1) is 10.1. The van der Waals surface area contributed by atoms with Crippen molar-refractivity contribution in [3.05, 3.63) is 69.5 Å². The van der Waals surface area contributed by atoms with E-state index in [9.17, 15) is 4.39 Å². The fourth-order valence-electron chi connectivity index (χ4n) is 2.34. The average Bonchev–Trinajstić information content (AvgIpc) is 2.44. The fraction of sp³-hybridized carbons (Fsp3) is 0.294. The summed E-state index contributed by atoms with van der Waals surface area (Å²) in [6.45, 7) is 2.95. The van der Waals surface area contributed by atoms with Crippen molar-refractivity contribution in [3.63, 3.8) is 0 Å². The summed E-state index contributed by atoms with van der Waals surface area (Å²) >= 11 is 12.6. The standard InChI is InChI=1S/C17H18Cl2FN/c1-2-9-21-16(11-12-5-3-6-13(20)10-12)17-14(18)7-4-8-15(17)19/h3-8,10,16,21H,2,9,11H2,1H3. The summed E-state index contributed by atoms with van der Waals surface area (Å²) in [5, 5.41) is 4.71. The zero-order chi connectivity index (χ0) is 15.2. The molecule has 1 atom stereocenters. The summed E-state index contributed by atoms with van der Waals surface area (Å²) in [4.78, 5) is 0. The van der Waals surface area contributed by atoms with E-state index in [0.29, 0.717) is 16.5 Å². The Balaban J connectivity index is 2.30. The van der Waals surface area contributed by atoms with E-state index in [2.05, 4.69) is 12.2 Å². The van der Waals surface area contributed by atoms with Gasteiger partial charge in [-0.05, 0) is 49.2 Å². The van der Waals surface area contributed by atoms with Gasteiger partial charge in [-0.3, -0.25) is 0 Å². The summed E-state index contributed by atoms with van der Waals surface area (Å²) in [5.41, 5.74) is 1.79. The summed E-state index contributed by atoms with van der Waals surface area (Å²) in [5.74, 6) is -0.230. The lowest BCUT2D eigenvalue weighted by Crippen LogP contribution is -2.24. The van der Waals surface area contributed by atoms with Gasteiger partial charge in [0.2, 0.25) is 0 Å². The molecule has 0 amide bonds. The highest BCUT2D eigenvalue weighted by Crippen LogP contribution is 2.32. The van der Waals surface area contributed by atoms with E-state index in [0.717, 1.165) is 24.1 Å². The fourth-order valence-corrected chi connectivity index (χ4v) is 3.00. The maximum absolute atomic E-state index is 13.4. The van der Waals surface area contributed by atoms with Crippen molar-refractivity contribution in [3.8, 4) is 0 Å². The van der Waals surface area contributed by atoms with Gasteiger partial charge >= 0.3 is 0 Å². The molecule has 112 valence electrons. The first-order valence-corrected chi connectivity index (χ1v) is 7.79. The van der Waals surface area contributed by atoms with Gasteiger partial charge in [0.25, 0.3) is 0 Å². The van der Waals surface area contributed by atoms with E-state index in [1.165, 1.54) is 6.07 Å². The molecule has 0 aliphatic rings. The SMILES string of the molecule is CCCNC(Cc1cccc(F)c1)c1c(Cl)cccc1Cl. The zero-order valence-corrected chi connectivity index (χ0v) is 13.4. The highest BCUT2D eigenvalue weighted by molar-refractivity contribution is 6.36. The van der Waals surface area contributed by atoms with Gasteiger partial charge in [0.05, 0.1) is 0 Å². The molecule has 2 rings (SSSR count). The van der Waals surface area contributed by atoms with Crippen molar-refractivity contribution in [2.24, 2.45) is 0 Å². The first-order valence-electron chi connectivity index (χ1n) is 7.03. The quantitative estimate of drug-likeness (QED) is 0.748. The average molecular weight is 326 g/mol. The van der Waals surface area contributed by atoms with Crippen LogP contribution in [0.1, 0.15) is 30.5 Å². The van der Waals surface area contributed by atoms with Crippen LogP contribution in [0.5, 0.6) is 0 Å². The molecule has 2 aromatic carbocycles. The minimum atomic E-state index is -0.230. The summed E-state index contributed by atoms with van der Waals surface area (Å²) in [7, 11) is 0. The third-order valence-corrected chi connectivity index (χ3v) is 3.98. The maximum Gasteiger partial charge on any atom is 0.123 e. The molecule has 0 spiro atoms. The van der Waals surface area contributed by atoms with Gasteiger partial charge in [-0.15, -0.1) is 0 Å². The molecule has 1 N–H and O–H groups in total. The lowest BCUT2D eigenvalue weighted by atomic mass is 9.98. The molecule has 0 bridgehead atoms. The Bertz CT molecular complexity index is 581. The number of halogens is 3. The Morgan fingerprint density at radius 3 is 2.38 bits per heavy atom. The summed E-state index contributed by atoms with van der Waals surface area (Å²) in [6.07, 6.45) is 1.64. The van der Waals surface area contributed by atoms with Gasteiger partial charge in [0.1, 0.15) is 5.82 Å². The molecule has 0 saturated carbocycles. The molecular weight excluding hydrogens is 308 g/mol. The van der Waals surface area contributed by atoms with Gasteiger partial charge in [-0.2, -0.15) is 0 Å². The van der Waals surface area contributed by atoms with Crippen LogP contribution >= 0.6 is 23.2 Å². The highest BCUT2D eigenvalue weighted by Gasteiger charge is 2.18. The second-order valence-electron chi connectivity index (χ2n) is 4.98. The van der Waals surface area contributed by atoms with Crippen molar-refractivity contribution >= 4 is 23.2 Å². The van der Waals surface area contributed by atoms with Gasteiger partial charge in [-0.1, -0.05) is 48.3 Å². The normalized spacial score (nSPS) is 12.4. The van der Waals surface area contributed by atoms with Crippen molar-refractivity contribution in [2.75, 3.05) is 6.54 Å². The second-order valence-corrected chi connectivity index (χ2v) is 5.79. The van der Waals surface area contributed by atoms with E-state index in [4.69, 9.17) is 23.2 Å². The van der Waals surface area contributed by atoms with Crippen LogP contribution in [-0.2, 0) is 6.42 Å². The van der Waals surface area contributed by atoms with Crippen LogP contribution in [0.2, 0.25) is 10.0 Å². The smallest absolute Gasteiger partial charge is 0.123 e. The largest absolute Gasteiger partial charge is 0.310 e. The molecule has 0 heterocycles. The van der Waals surface area contributed by atoms with Gasteiger partial charge in [-0.25, -0.2) is 4.39 Å². The minimum absolute atomic E-state index is 0.0343. The number of hydrogen-bond acceptors (Lipinski definition) is 1. The van der Waals surface area contributed by atoms with Crippen LogP contribution in [0, 0.1) is 5.82 Å². The van der Waals surface area contributed by atoms with Crippen molar-refractivity contribution in [1.82, 2.24) is 5.32 Å².